The van der Waals surface area contributed by atoms with Crippen LogP contribution < -0.4 is 10.2 Å². The third-order valence-corrected chi connectivity index (χ3v) is 5.63. The van der Waals surface area contributed by atoms with Crippen LogP contribution in [0.2, 0.25) is 0 Å². The zero-order chi connectivity index (χ0) is 18.9. The number of piperazine rings is 1. The first kappa shape index (κ1) is 16.8. The van der Waals surface area contributed by atoms with Crippen molar-refractivity contribution >= 4 is 11.5 Å². The molecule has 2 aliphatic heterocycles. The van der Waals surface area contributed by atoms with Crippen LogP contribution in [-0.2, 0) is 0 Å². The largest absolute Gasteiger partial charge is 0.371 e. The quantitative estimate of drug-likeness (QED) is 0.718. The topological polar surface area (TPSA) is 60.1 Å². The number of nitrogens with one attached hydrogen (secondary N) is 1. The molecule has 0 saturated carbocycles. The Balaban J connectivity index is 1.50. The fourth-order valence-electron chi connectivity index (χ4n) is 4.24. The summed E-state index contributed by atoms with van der Waals surface area (Å²) in [5.41, 5.74) is 4.71. The molecule has 1 unspecified atom stereocenters. The Labute approximate surface area is 164 Å². The Morgan fingerprint density at radius 1 is 1.04 bits per heavy atom. The molecular weight excluding hydrogens is 348 g/mol. The second kappa shape index (κ2) is 7.02. The van der Waals surface area contributed by atoms with Crippen LogP contribution in [0, 0.1) is 11.3 Å². The molecule has 1 aromatic carbocycles. The van der Waals surface area contributed by atoms with Crippen LogP contribution in [-0.4, -0.2) is 47.2 Å². The Hall–Kier alpha value is -3.30. The van der Waals surface area contributed by atoms with Crippen molar-refractivity contribution in [3.05, 3.63) is 72.2 Å². The summed E-state index contributed by atoms with van der Waals surface area (Å²) in [4.78, 5) is 9.29. The summed E-state index contributed by atoms with van der Waals surface area (Å²) in [7, 11) is 0. The fraction of sp³-hybridized carbons (Fsp3) is 0.273. The first-order valence-corrected chi connectivity index (χ1v) is 9.67. The number of hydrogen-bond acceptors (Lipinski definition) is 5. The predicted octanol–water partition coefficient (Wildman–Crippen LogP) is 3.03. The van der Waals surface area contributed by atoms with Gasteiger partial charge < -0.3 is 14.8 Å². The Morgan fingerprint density at radius 2 is 1.89 bits per heavy atom. The maximum absolute atomic E-state index is 8.94. The summed E-state index contributed by atoms with van der Waals surface area (Å²) >= 11 is 0. The molecule has 1 saturated heterocycles. The summed E-state index contributed by atoms with van der Waals surface area (Å²) in [6.07, 6.45) is 4.00. The van der Waals surface area contributed by atoms with Crippen LogP contribution in [0.25, 0.3) is 5.69 Å². The minimum Gasteiger partial charge on any atom is -0.371 e. The number of benzene rings is 1. The molecule has 2 aliphatic rings. The number of pyridine rings is 1. The molecule has 0 radical (unpaired) electrons. The van der Waals surface area contributed by atoms with Gasteiger partial charge in [-0.15, -0.1) is 0 Å². The third kappa shape index (κ3) is 2.81. The molecule has 0 spiro atoms. The third-order valence-electron chi connectivity index (χ3n) is 5.63. The van der Waals surface area contributed by atoms with Crippen LogP contribution in [0.15, 0.2) is 60.9 Å². The average molecular weight is 370 g/mol. The van der Waals surface area contributed by atoms with E-state index >= 15 is 0 Å². The van der Waals surface area contributed by atoms with Crippen molar-refractivity contribution in [2.75, 3.05) is 42.9 Å². The first-order chi connectivity index (χ1) is 13.8. The van der Waals surface area contributed by atoms with Gasteiger partial charge in [0.25, 0.3) is 0 Å². The van der Waals surface area contributed by atoms with Crippen molar-refractivity contribution in [1.29, 1.82) is 5.26 Å². The van der Waals surface area contributed by atoms with Crippen LogP contribution in [0.4, 0.5) is 11.5 Å². The highest BCUT2D eigenvalue weighted by Crippen LogP contribution is 2.39. The normalized spacial score (nSPS) is 18.7. The van der Waals surface area contributed by atoms with Gasteiger partial charge in [-0.2, -0.15) is 5.26 Å². The van der Waals surface area contributed by atoms with Crippen molar-refractivity contribution in [2.45, 2.75) is 6.04 Å². The number of hydrogen-bond donors (Lipinski definition) is 1. The van der Waals surface area contributed by atoms with E-state index in [0.717, 1.165) is 37.7 Å². The van der Waals surface area contributed by atoms with E-state index in [1.807, 2.05) is 12.3 Å². The number of fused-ring (bicyclic) bond motifs is 3. The summed E-state index contributed by atoms with van der Waals surface area (Å²) in [5.74, 6) is 1.03. The Morgan fingerprint density at radius 3 is 2.75 bits per heavy atom. The van der Waals surface area contributed by atoms with Gasteiger partial charge >= 0.3 is 0 Å². The van der Waals surface area contributed by atoms with Gasteiger partial charge in [0.15, 0.2) is 0 Å². The van der Waals surface area contributed by atoms with Crippen molar-refractivity contribution in [3.63, 3.8) is 0 Å². The zero-order valence-corrected chi connectivity index (χ0v) is 15.6. The van der Waals surface area contributed by atoms with Gasteiger partial charge in [0.05, 0.1) is 30.0 Å². The van der Waals surface area contributed by atoms with Crippen LogP contribution >= 0.6 is 0 Å². The average Bonchev–Trinajstić information content (AvgIpc) is 3.24. The van der Waals surface area contributed by atoms with Gasteiger partial charge in [0.1, 0.15) is 5.82 Å². The lowest BCUT2D eigenvalue weighted by Gasteiger charge is -2.37. The SMILES string of the molecule is N#CCN1CCN(c2ncccc2C2Nc3ccccc3-n3cccc32)CC1. The lowest BCUT2D eigenvalue weighted by molar-refractivity contribution is 0.286. The van der Waals surface area contributed by atoms with Gasteiger partial charge in [-0.05, 0) is 30.3 Å². The highest BCUT2D eigenvalue weighted by molar-refractivity contribution is 5.68. The minimum atomic E-state index is 0.0470. The van der Waals surface area contributed by atoms with Crippen molar-refractivity contribution < 1.29 is 0 Å². The van der Waals surface area contributed by atoms with Gasteiger partial charge in [0.2, 0.25) is 0 Å². The molecule has 1 atom stereocenters. The number of nitrogens with zero attached hydrogens (tertiary/aromatic N) is 5. The summed E-state index contributed by atoms with van der Waals surface area (Å²) in [5, 5.41) is 12.7. The molecule has 0 amide bonds. The maximum atomic E-state index is 8.94. The van der Waals surface area contributed by atoms with E-state index in [2.05, 4.69) is 74.4 Å². The highest BCUT2D eigenvalue weighted by atomic mass is 15.3. The van der Waals surface area contributed by atoms with Gasteiger partial charge in [-0.25, -0.2) is 4.98 Å². The Kier molecular flexibility index (Phi) is 4.22. The van der Waals surface area contributed by atoms with Gasteiger partial charge in [0, 0.05) is 49.8 Å². The molecule has 0 bridgehead atoms. The molecule has 4 heterocycles. The van der Waals surface area contributed by atoms with Crippen molar-refractivity contribution in [3.8, 4) is 11.8 Å². The van der Waals surface area contributed by atoms with E-state index in [1.165, 1.54) is 16.9 Å². The number of nitriles is 1. The molecule has 3 aromatic rings. The van der Waals surface area contributed by atoms with E-state index in [0.29, 0.717) is 6.54 Å². The van der Waals surface area contributed by atoms with Gasteiger partial charge in [-0.1, -0.05) is 18.2 Å². The lowest BCUT2D eigenvalue weighted by atomic mass is 10.0. The highest BCUT2D eigenvalue weighted by Gasteiger charge is 2.29. The van der Waals surface area contributed by atoms with E-state index in [9.17, 15) is 0 Å². The molecule has 140 valence electrons. The monoisotopic (exact) mass is 370 g/mol. The Bertz CT molecular complexity index is 1030. The van der Waals surface area contributed by atoms with E-state index in [-0.39, 0.29) is 6.04 Å². The molecule has 0 aliphatic carbocycles. The van der Waals surface area contributed by atoms with E-state index in [4.69, 9.17) is 10.2 Å². The number of anilines is 2. The number of para-hydroxylation sites is 2. The fourth-order valence-corrected chi connectivity index (χ4v) is 4.24. The maximum Gasteiger partial charge on any atom is 0.134 e. The smallest absolute Gasteiger partial charge is 0.134 e. The minimum absolute atomic E-state index is 0.0470. The molecule has 1 fully saturated rings. The molecule has 28 heavy (non-hydrogen) atoms. The van der Waals surface area contributed by atoms with Crippen molar-refractivity contribution in [1.82, 2.24) is 14.5 Å². The predicted molar refractivity (Wildman–Crippen MR) is 110 cm³/mol. The second-order valence-corrected chi connectivity index (χ2v) is 7.24. The number of rotatable bonds is 3. The summed E-state index contributed by atoms with van der Waals surface area (Å²) in [6.45, 7) is 4.05. The molecular formula is C22H22N6. The van der Waals surface area contributed by atoms with Crippen LogP contribution in [0.5, 0.6) is 0 Å². The van der Waals surface area contributed by atoms with Crippen LogP contribution in [0.1, 0.15) is 17.3 Å². The molecule has 6 heteroatoms. The summed E-state index contributed by atoms with van der Waals surface area (Å²) in [6, 6.07) is 19.2. The summed E-state index contributed by atoms with van der Waals surface area (Å²) < 4.78 is 2.26. The molecule has 6 nitrogen and oxygen atoms in total. The standard InChI is InChI=1S/C22H22N6/c23-9-12-26-13-15-27(16-14-26)22-17(5-3-10-24-22)21-20-8-4-11-28(20)19-7-2-1-6-18(19)25-21/h1-8,10-11,21,25H,12-16H2. The lowest BCUT2D eigenvalue weighted by Crippen LogP contribution is -2.47. The van der Waals surface area contributed by atoms with Gasteiger partial charge in [-0.3, -0.25) is 4.90 Å². The first-order valence-electron chi connectivity index (χ1n) is 9.67. The van der Waals surface area contributed by atoms with E-state index in [1.54, 1.807) is 0 Å². The van der Waals surface area contributed by atoms with E-state index < -0.39 is 0 Å². The number of aromatic nitrogens is 2. The molecule has 2 aromatic heterocycles. The zero-order valence-electron chi connectivity index (χ0n) is 15.6. The van der Waals surface area contributed by atoms with Crippen LogP contribution in [0.3, 0.4) is 0 Å². The molecule has 1 N–H and O–H groups in total. The van der Waals surface area contributed by atoms with Crippen molar-refractivity contribution in [2.24, 2.45) is 0 Å². The molecule has 5 rings (SSSR count). The second-order valence-electron chi connectivity index (χ2n) is 7.24.